The molecule has 0 fully saturated rings. The molecular formula is C20H13F17O2. The summed E-state index contributed by atoms with van der Waals surface area (Å²) in [5, 5.41) is 0. The van der Waals surface area contributed by atoms with Crippen LogP contribution in [0.2, 0.25) is 0 Å². The van der Waals surface area contributed by atoms with Gasteiger partial charge in [-0.3, -0.25) is 4.79 Å². The summed E-state index contributed by atoms with van der Waals surface area (Å²) in [6, 6.07) is 5.98. The summed E-state index contributed by atoms with van der Waals surface area (Å²) < 4.78 is 230. The number of esters is 1. The first kappa shape index (κ1) is 32.7. The maximum Gasteiger partial charge on any atom is 0.460 e. The van der Waals surface area contributed by atoms with Crippen molar-refractivity contribution in [2.24, 2.45) is 0 Å². The molecular weight excluding hydrogens is 595 g/mol. The minimum absolute atomic E-state index is 0.0494. The summed E-state index contributed by atoms with van der Waals surface area (Å²) in [5.41, 5.74) is 0.954. The first-order chi connectivity index (χ1) is 17.2. The standard InChI is InChI=1S/C20H13F17O2/c21-13(22,8-7-12(38)39-11-6-5-9-3-1-2-4-10(9)11)14(23,24)15(25,26)16(27,28)17(29,30)18(31,32)19(33,34)20(35,36)37/h1-4,11H,5-8H2. The molecule has 0 amide bonds. The van der Waals surface area contributed by atoms with Crippen LogP contribution in [0.1, 0.15) is 36.5 Å². The molecule has 2 rings (SSSR count). The van der Waals surface area contributed by atoms with Gasteiger partial charge in [-0.05, 0) is 24.0 Å². The third kappa shape index (κ3) is 4.86. The lowest BCUT2D eigenvalue weighted by Crippen LogP contribution is -2.74. The number of halogens is 17. The fourth-order valence-corrected chi connectivity index (χ4v) is 3.47. The van der Waals surface area contributed by atoms with Gasteiger partial charge in [0.15, 0.2) is 0 Å². The van der Waals surface area contributed by atoms with Crippen LogP contribution in [0.4, 0.5) is 74.6 Å². The summed E-state index contributed by atoms with van der Waals surface area (Å²) in [4.78, 5) is 11.8. The van der Waals surface area contributed by atoms with E-state index in [9.17, 15) is 79.4 Å². The Kier molecular flexibility index (Phi) is 8.01. The minimum Gasteiger partial charge on any atom is -0.457 e. The van der Waals surface area contributed by atoms with Gasteiger partial charge in [0.25, 0.3) is 0 Å². The van der Waals surface area contributed by atoms with Crippen molar-refractivity contribution in [3.8, 4) is 0 Å². The monoisotopic (exact) mass is 608 g/mol. The van der Waals surface area contributed by atoms with Gasteiger partial charge in [-0.15, -0.1) is 0 Å². The van der Waals surface area contributed by atoms with E-state index in [0.29, 0.717) is 11.1 Å². The van der Waals surface area contributed by atoms with Gasteiger partial charge < -0.3 is 4.74 Å². The Labute approximate surface area is 206 Å². The van der Waals surface area contributed by atoms with Crippen molar-refractivity contribution in [2.75, 3.05) is 0 Å². The molecule has 0 N–H and O–H groups in total. The molecule has 0 saturated carbocycles. The quantitative estimate of drug-likeness (QED) is 0.199. The number of hydrogen-bond acceptors (Lipinski definition) is 2. The molecule has 0 heterocycles. The topological polar surface area (TPSA) is 26.3 Å². The average molecular weight is 608 g/mol. The van der Waals surface area contributed by atoms with Crippen LogP contribution in [-0.2, 0) is 16.0 Å². The number of carbonyl (C=O) groups excluding carboxylic acids is 1. The van der Waals surface area contributed by atoms with E-state index < -0.39 is 72.5 Å². The Bertz CT molecular complexity index is 1060. The predicted molar refractivity (Wildman–Crippen MR) is 93.5 cm³/mol. The Morgan fingerprint density at radius 3 is 1.59 bits per heavy atom. The number of rotatable bonds is 10. The van der Waals surface area contributed by atoms with Crippen molar-refractivity contribution >= 4 is 5.97 Å². The fourth-order valence-electron chi connectivity index (χ4n) is 3.47. The maximum atomic E-state index is 13.9. The van der Waals surface area contributed by atoms with E-state index in [-0.39, 0.29) is 12.8 Å². The summed E-state index contributed by atoms with van der Waals surface area (Å²) in [6.07, 6.45) is -13.4. The van der Waals surface area contributed by atoms with Gasteiger partial charge in [-0.25, -0.2) is 0 Å². The first-order valence-electron chi connectivity index (χ1n) is 10.2. The van der Waals surface area contributed by atoms with Crippen molar-refractivity contribution in [1.29, 1.82) is 0 Å². The Hall–Kier alpha value is -2.50. The molecule has 1 aromatic carbocycles. The SMILES string of the molecule is O=C(CCC(F)(F)C(F)(F)C(F)(F)C(F)(F)C(F)(F)C(F)(F)C(F)(F)C(F)(F)F)OC1CCc2ccccc21. The Morgan fingerprint density at radius 2 is 1.10 bits per heavy atom. The highest BCUT2D eigenvalue weighted by Crippen LogP contribution is 2.64. The zero-order chi connectivity index (χ0) is 30.7. The number of benzene rings is 1. The fraction of sp³-hybridized carbons (Fsp3) is 0.650. The highest BCUT2D eigenvalue weighted by molar-refractivity contribution is 5.70. The van der Waals surface area contributed by atoms with Crippen LogP contribution in [0.3, 0.4) is 0 Å². The number of alkyl halides is 17. The lowest BCUT2D eigenvalue weighted by atomic mass is 9.88. The average Bonchev–Trinajstić information content (AvgIpc) is 3.19. The van der Waals surface area contributed by atoms with Crippen LogP contribution in [0.15, 0.2) is 24.3 Å². The number of aryl methyl sites for hydroxylation is 1. The van der Waals surface area contributed by atoms with E-state index in [0.717, 1.165) is 0 Å². The molecule has 1 aromatic rings. The van der Waals surface area contributed by atoms with Crippen LogP contribution < -0.4 is 0 Å². The molecule has 1 aliphatic carbocycles. The summed E-state index contributed by atoms with van der Waals surface area (Å²) in [7, 11) is 0. The molecule has 1 unspecified atom stereocenters. The second-order valence-electron chi connectivity index (χ2n) is 8.36. The second kappa shape index (κ2) is 9.55. The minimum atomic E-state index is -8.68. The molecule has 0 saturated heterocycles. The van der Waals surface area contributed by atoms with Crippen LogP contribution in [0.25, 0.3) is 0 Å². The molecule has 0 radical (unpaired) electrons. The molecule has 19 heteroatoms. The van der Waals surface area contributed by atoms with E-state index in [1.165, 1.54) is 12.1 Å². The van der Waals surface area contributed by atoms with E-state index in [1.54, 1.807) is 12.1 Å². The van der Waals surface area contributed by atoms with Gasteiger partial charge >= 0.3 is 53.6 Å². The van der Waals surface area contributed by atoms with Crippen molar-refractivity contribution in [3.63, 3.8) is 0 Å². The van der Waals surface area contributed by atoms with E-state index >= 15 is 0 Å². The van der Waals surface area contributed by atoms with Crippen molar-refractivity contribution in [3.05, 3.63) is 35.4 Å². The summed E-state index contributed by atoms with van der Waals surface area (Å²) >= 11 is 0. The largest absolute Gasteiger partial charge is 0.460 e. The Morgan fingerprint density at radius 1 is 0.667 bits per heavy atom. The van der Waals surface area contributed by atoms with Crippen molar-refractivity contribution in [1.82, 2.24) is 0 Å². The highest BCUT2D eigenvalue weighted by Gasteiger charge is 2.95. The van der Waals surface area contributed by atoms with Gasteiger partial charge in [0, 0.05) is 6.42 Å². The normalized spacial score (nSPS) is 18.2. The molecule has 0 aromatic heterocycles. The molecule has 2 nitrogen and oxygen atoms in total. The first-order valence-corrected chi connectivity index (χ1v) is 10.2. The smallest absolute Gasteiger partial charge is 0.457 e. The zero-order valence-corrected chi connectivity index (χ0v) is 18.5. The molecule has 224 valence electrons. The Balaban J connectivity index is 2.29. The van der Waals surface area contributed by atoms with Gasteiger partial charge in [0.05, 0.1) is 6.42 Å². The third-order valence-corrected chi connectivity index (χ3v) is 5.78. The molecule has 1 atom stereocenters. The lowest BCUT2D eigenvalue weighted by molar-refractivity contribution is -0.461. The van der Waals surface area contributed by atoms with E-state index in [2.05, 4.69) is 0 Å². The van der Waals surface area contributed by atoms with Gasteiger partial charge in [-0.2, -0.15) is 74.6 Å². The maximum absolute atomic E-state index is 13.9. The summed E-state index contributed by atoms with van der Waals surface area (Å²) in [6.45, 7) is 0. The van der Waals surface area contributed by atoms with Crippen LogP contribution in [0, 0.1) is 0 Å². The molecule has 39 heavy (non-hydrogen) atoms. The van der Waals surface area contributed by atoms with Crippen molar-refractivity contribution in [2.45, 2.75) is 79.4 Å². The van der Waals surface area contributed by atoms with Gasteiger partial charge in [0.2, 0.25) is 0 Å². The second-order valence-corrected chi connectivity index (χ2v) is 8.36. The molecule has 1 aliphatic rings. The number of hydrogen-bond donors (Lipinski definition) is 0. The lowest BCUT2D eigenvalue weighted by Gasteiger charge is -2.42. The third-order valence-electron chi connectivity index (χ3n) is 5.78. The van der Waals surface area contributed by atoms with E-state index in [1.807, 2.05) is 0 Å². The van der Waals surface area contributed by atoms with Crippen LogP contribution >= 0.6 is 0 Å². The van der Waals surface area contributed by atoms with Crippen LogP contribution in [-0.4, -0.2) is 53.6 Å². The van der Waals surface area contributed by atoms with Crippen LogP contribution in [0.5, 0.6) is 0 Å². The molecule has 0 spiro atoms. The highest BCUT2D eigenvalue weighted by atomic mass is 19.4. The number of fused-ring (bicyclic) bond motifs is 1. The zero-order valence-electron chi connectivity index (χ0n) is 18.5. The van der Waals surface area contributed by atoms with Gasteiger partial charge in [0.1, 0.15) is 6.10 Å². The molecule has 0 bridgehead atoms. The predicted octanol–water partition coefficient (Wildman–Crippen LogP) is 8.01. The van der Waals surface area contributed by atoms with E-state index in [4.69, 9.17) is 4.74 Å². The summed E-state index contributed by atoms with van der Waals surface area (Å²) in [5.74, 6) is -58.7. The number of carbonyl (C=O) groups is 1. The number of ether oxygens (including phenoxy) is 1. The van der Waals surface area contributed by atoms with Gasteiger partial charge in [-0.1, -0.05) is 24.3 Å². The molecule has 0 aliphatic heterocycles. The van der Waals surface area contributed by atoms with Crippen molar-refractivity contribution < 1.29 is 84.2 Å².